The zero-order valence-corrected chi connectivity index (χ0v) is 19.8. The summed E-state index contributed by atoms with van der Waals surface area (Å²) in [6.07, 6.45) is 3.69. The number of pyridine rings is 1. The summed E-state index contributed by atoms with van der Waals surface area (Å²) in [5.41, 5.74) is 3.08. The number of carboxylic acid groups (broad SMARTS) is 1. The number of hydrogen-bond donors (Lipinski definition) is 2. The molecule has 1 fully saturated rings. The number of nitrogens with one attached hydrogen (secondary N) is 1. The number of fused-ring (bicyclic) bond motifs is 1. The van der Waals surface area contributed by atoms with Crippen molar-refractivity contribution < 1.29 is 14.3 Å². The van der Waals surface area contributed by atoms with Gasteiger partial charge in [0.05, 0.1) is 5.39 Å². The topological polar surface area (TPSA) is 100 Å². The van der Waals surface area contributed by atoms with E-state index in [0.29, 0.717) is 24.4 Å². The van der Waals surface area contributed by atoms with Gasteiger partial charge in [0.2, 0.25) is 11.4 Å². The Kier molecular flexibility index (Phi) is 6.47. The van der Waals surface area contributed by atoms with Crippen molar-refractivity contribution in [1.82, 2.24) is 19.4 Å². The maximum Gasteiger partial charge on any atom is 0.341 e. The first-order valence-corrected chi connectivity index (χ1v) is 11.9. The summed E-state index contributed by atoms with van der Waals surface area (Å²) in [7, 11) is 0. The van der Waals surface area contributed by atoms with Crippen LogP contribution in [0.4, 0.5) is 16.0 Å². The van der Waals surface area contributed by atoms with E-state index in [4.69, 9.17) is 0 Å². The Hall–Kier alpha value is -4.11. The van der Waals surface area contributed by atoms with Crippen molar-refractivity contribution in [3.63, 3.8) is 0 Å². The number of halogens is 1. The number of hydrogen-bond acceptors (Lipinski definition) is 6. The second kappa shape index (κ2) is 9.87. The molecule has 0 radical (unpaired) electrons. The third-order valence-electron chi connectivity index (χ3n) is 6.44. The second-order valence-electron chi connectivity index (χ2n) is 8.93. The molecule has 2 N–H and O–H groups in total. The molecular weight excluding hydrogens is 461 g/mol. The largest absolute Gasteiger partial charge is 0.477 e. The normalized spacial score (nSPS) is 14.1. The number of rotatable bonds is 8. The fraction of sp³-hybridized carbons (Fsp3) is 0.259. The lowest BCUT2D eigenvalue weighted by Crippen LogP contribution is -2.48. The van der Waals surface area contributed by atoms with Crippen LogP contribution in [0.3, 0.4) is 0 Å². The molecule has 0 aliphatic carbocycles. The van der Waals surface area contributed by atoms with Crippen LogP contribution >= 0.6 is 0 Å². The zero-order chi connectivity index (χ0) is 25.2. The third kappa shape index (κ3) is 4.83. The second-order valence-corrected chi connectivity index (χ2v) is 8.93. The highest BCUT2D eigenvalue weighted by Gasteiger charge is 2.25. The number of benzene rings is 2. The SMILES string of the molecule is CCc1ccc(-n2cc(C(=O)O)c(=O)c3cnc(Nc4ccc(CCN5CC(F)C5)cc4)nc32)cc1. The van der Waals surface area contributed by atoms with Crippen LogP contribution in [0.2, 0.25) is 0 Å². The first kappa shape index (κ1) is 23.6. The number of likely N-dealkylation sites (tertiary alicyclic amines) is 1. The Morgan fingerprint density at radius 1 is 1.11 bits per heavy atom. The highest BCUT2D eigenvalue weighted by molar-refractivity contribution is 5.92. The van der Waals surface area contributed by atoms with Gasteiger partial charge in [0.15, 0.2) is 5.65 Å². The summed E-state index contributed by atoms with van der Waals surface area (Å²) in [5.74, 6) is -1.02. The Bertz CT molecular complexity index is 1460. The minimum Gasteiger partial charge on any atom is -0.477 e. The molecule has 0 unspecified atom stereocenters. The van der Waals surface area contributed by atoms with Crippen molar-refractivity contribution >= 4 is 28.6 Å². The number of aryl methyl sites for hydroxylation is 1. The van der Waals surface area contributed by atoms with E-state index >= 15 is 0 Å². The molecule has 0 spiro atoms. The molecule has 3 heterocycles. The van der Waals surface area contributed by atoms with Gasteiger partial charge in [0.1, 0.15) is 11.7 Å². The van der Waals surface area contributed by atoms with Crippen LogP contribution in [0, 0.1) is 0 Å². The maximum atomic E-state index is 13.0. The van der Waals surface area contributed by atoms with Gasteiger partial charge in [-0.25, -0.2) is 14.2 Å². The van der Waals surface area contributed by atoms with Gasteiger partial charge in [-0.3, -0.25) is 9.69 Å². The molecule has 1 aliphatic rings. The van der Waals surface area contributed by atoms with Gasteiger partial charge in [0.25, 0.3) is 0 Å². The molecule has 9 heteroatoms. The standard InChI is InChI=1S/C27H26FN5O3/c1-2-17-5-9-21(10-6-17)33-16-23(26(35)36)24(34)22-13-29-27(31-25(22)33)30-20-7-3-18(4-8-20)11-12-32-14-19(28)15-32/h3-10,13,16,19H,2,11-12,14-15H2,1H3,(H,35,36)(H,29,30,31). The highest BCUT2D eigenvalue weighted by atomic mass is 19.1. The molecular formula is C27H26FN5O3. The first-order chi connectivity index (χ1) is 17.4. The number of aromatic nitrogens is 3. The van der Waals surface area contributed by atoms with E-state index in [2.05, 4.69) is 27.1 Å². The van der Waals surface area contributed by atoms with E-state index in [1.165, 1.54) is 12.4 Å². The minimum absolute atomic E-state index is 0.122. The Morgan fingerprint density at radius 2 is 1.81 bits per heavy atom. The van der Waals surface area contributed by atoms with Gasteiger partial charge < -0.3 is 15.0 Å². The van der Waals surface area contributed by atoms with Crippen LogP contribution in [-0.2, 0) is 12.8 Å². The molecule has 8 nitrogen and oxygen atoms in total. The number of alkyl halides is 1. The molecule has 5 rings (SSSR count). The van der Waals surface area contributed by atoms with Gasteiger partial charge in [-0.15, -0.1) is 0 Å². The third-order valence-corrected chi connectivity index (χ3v) is 6.44. The fourth-order valence-corrected chi connectivity index (χ4v) is 4.27. The summed E-state index contributed by atoms with van der Waals surface area (Å²) in [4.78, 5) is 35.4. The molecule has 2 aromatic heterocycles. The lowest BCUT2D eigenvalue weighted by molar-refractivity contribution is 0.0670. The number of anilines is 2. The smallest absolute Gasteiger partial charge is 0.341 e. The van der Waals surface area contributed by atoms with E-state index in [0.717, 1.165) is 36.2 Å². The van der Waals surface area contributed by atoms with Crippen molar-refractivity contribution in [3.8, 4) is 5.69 Å². The lowest BCUT2D eigenvalue weighted by Gasteiger charge is -2.34. The monoisotopic (exact) mass is 487 g/mol. The Morgan fingerprint density at radius 3 is 2.44 bits per heavy atom. The van der Waals surface area contributed by atoms with Crippen LogP contribution in [-0.4, -0.2) is 56.3 Å². The van der Waals surface area contributed by atoms with Crippen LogP contribution in [0.25, 0.3) is 16.7 Å². The van der Waals surface area contributed by atoms with E-state index in [1.807, 2.05) is 48.5 Å². The van der Waals surface area contributed by atoms with Gasteiger partial charge in [-0.1, -0.05) is 31.2 Å². The molecule has 4 aromatic rings. The van der Waals surface area contributed by atoms with Crippen LogP contribution in [0.15, 0.2) is 65.7 Å². The van der Waals surface area contributed by atoms with Crippen LogP contribution in [0.1, 0.15) is 28.4 Å². The van der Waals surface area contributed by atoms with E-state index in [1.54, 1.807) is 4.57 Å². The van der Waals surface area contributed by atoms with E-state index < -0.39 is 17.6 Å². The Balaban J connectivity index is 1.44. The van der Waals surface area contributed by atoms with Crippen molar-refractivity contribution in [2.45, 2.75) is 25.9 Å². The van der Waals surface area contributed by atoms with Crippen molar-refractivity contribution in [1.29, 1.82) is 0 Å². The minimum atomic E-state index is -1.30. The average Bonchev–Trinajstić information content (AvgIpc) is 2.87. The summed E-state index contributed by atoms with van der Waals surface area (Å²) in [6, 6.07) is 15.5. The van der Waals surface area contributed by atoms with Crippen molar-refractivity contribution in [3.05, 3.63) is 87.8 Å². The summed E-state index contributed by atoms with van der Waals surface area (Å²) < 4.78 is 14.6. The Labute approximate surface area is 207 Å². The fourth-order valence-electron chi connectivity index (χ4n) is 4.27. The number of carbonyl (C=O) groups is 1. The molecule has 1 aliphatic heterocycles. The molecule has 1 saturated heterocycles. The van der Waals surface area contributed by atoms with Gasteiger partial charge in [-0.05, 0) is 48.2 Å². The number of aromatic carboxylic acids is 1. The van der Waals surface area contributed by atoms with Gasteiger partial charge >= 0.3 is 5.97 Å². The van der Waals surface area contributed by atoms with Crippen LogP contribution < -0.4 is 10.7 Å². The summed E-state index contributed by atoms with van der Waals surface area (Å²) in [5, 5.41) is 12.8. The summed E-state index contributed by atoms with van der Waals surface area (Å²) >= 11 is 0. The molecule has 0 saturated carbocycles. The quantitative estimate of drug-likeness (QED) is 0.388. The average molecular weight is 488 g/mol. The zero-order valence-electron chi connectivity index (χ0n) is 19.8. The number of carboxylic acids is 1. The van der Waals surface area contributed by atoms with E-state index in [-0.39, 0.29) is 16.9 Å². The maximum absolute atomic E-state index is 13.0. The predicted octanol–water partition coefficient (Wildman–Crippen LogP) is 3.98. The van der Waals surface area contributed by atoms with Crippen LogP contribution in [0.5, 0.6) is 0 Å². The molecule has 184 valence electrons. The molecule has 36 heavy (non-hydrogen) atoms. The molecule has 2 aromatic carbocycles. The van der Waals surface area contributed by atoms with Gasteiger partial charge in [0, 0.05) is 43.4 Å². The molecule has 0 amide bonds. The van der Waals surface area contributed by atoms with Crippen molar-refractivity contribution in [2.24, 2.45) is 0 Å². The summed E-state index contributed by atoms with van der Waals surface area (Å²) in [6.45, 7) is 3.91. The van der Waals surface area contributed by atoms with Crippen molar-refractivity contribution in [2.75, 3.05) is 25.0 Å². The first-order valence-electron chi connectivity index (χ1n) is 11.9. The predicted molar refractivity (Wildman–Crippen MR) is 136 cm³/mol. The van der Waals surface area contributed by atoms with Gasteiger partial charge in [-0.2, -0.15) is 4.98 Å². The lowest BCUT2D eigenvalue weighted by atomic mass is 10.1. The molecule has 0 bridgehead atoms. The van der Waals surface area contributed by atoms with E-state index in [9.17, 15) is 19.1 Å². The highest BCUT2D eigenvalue weighted by Crippen LogP contribution is 2.21. The number of nitrogens with zero attached hydrogens (tertiary/aromatic N) is 4. The molecule has 0 atom stereocenters.